The number of hydrogen-bond acceptors (Lipinski definition) is 6. The lowest BCUT2D eigenvalue weighted by atomic mass is 10.1. The van der Waals surface area contributed by atoms with Crippen molar-refractivity contribution < 1.29 is 23.4 Å². The average molecular weight is 317 g/mol. The molecule has 0 N–H and O–H groups in total. The Morgan fingerprint density at radius 3 is 2.43 bits per heavy atom. The number of anilines is 1. The van der Waals surface area contributed by atoms with E-state index in [9.17, 15) is 4.79 Å². The highest BCUT2D eigenvalue weighted by molar-refractivity contribution is 5.78. The lowest BCUT2D eigenvalue weighted by Crippen LogP contribution is -2.36. The fourth-order valence-electron chi connectivity index (χ4n) is 2.69. The van der Waals surface area contributed by atoms with E-state index in [1.165, 1.54) is 0 Å². The van der Waals surface area contributed by atoms with Crippen LogP contribution in [-0.2, 0) is 4.74 Å². The van der Waals surface area contributed by atoms with E-state index in [1.807, 2.05) is 12.1 Å². The van der Waals surface area contributed by atoms with Gasteiger partial charge in [0.1, 0.15) is 17.3 Å². The average Bonchev–Trinajstić information content (AvgIpc) is 3.10. The monoisotopic (exact) mass is 317 g/mol. The Morgan fingerprint density at radius 2 is 1.83 bits per heavy atom. The molecule has 2 aromatic rings. The Bertz CT molecular complexity index is 688. The first kappa shape index (κ1) is 15.4. The molecule has 6 heteroatoms. The van der Waals surface area contributed by atoms with Crippen molar-refractivity contribution in [3.8, 4) is 22.8 Å². The number of carbonyl (C=O) groups is 1. The molecule has 0 saturated carbocycles. The van der Waals surface area contributed by atoms with E-state index < -0.39 is 0 Å². The summed E-state index contributed by atoms with van der Waals surface area (Å²) in [5, 5.41) is 0. The van der Waals surface area contributed by atoms with Gasteiger partial charge in [-0.25, -0.2) is 0 Å². The number of hydrogen-bond donors (Lipinski definition) is 0. The lowest BCUT2D eigenvalue weighted by molar-refractivity contribution is 0.110. The van der Waals surface area contributed by atoms with Crippen LogP contribution in [0.3, 0.4) is 0 Å². The molecule has 0 amide bonds. The largest absolute Gasteiger partial charge is 0.496 e. The Kier molecular flexibility index (Phi) is 4.52. The molecule has 23 heavy (non-hydrogen) atoms. The van der Waals surface area contributed by atoms with Gasteiger partial charge in [-0.15, -0.1) is 0 Å². The van der Waals surface area contributed by atoms with Gasteiger partial charge >= 0.3 is 0 Å². The van der Waals surface area contributed by atoms with Gasteiger partial charge < -0.3 is 23.5 Å². The molecule has 1 fully saturated rings. The number of rotatable bonds is 5. The molecule has 0 bridgehead atoms. The normalized spacial score (nSPS) is 14.6. The summed E-state index contributed by atoms with van der Waals surface area (Å²) in [7, 11) is 3.24. The molecule has 0 radical (unpaired) electrons. The summed E-state index contributed by atoms with van der Waals surface area (Å²) in [5.74, 6) is 2.24. The van der Waals surface area contributed by atoms with Crippen LogP contribution in [0.4, 0.5) is 5.69 Å². The molecule has 1 aliphatic rings. The molecule has 0 unspecified atom stereocenters. The van der Waals surface area contributed by atoms with Crippen LogP contribution in [0.2, 0.25) is 0 Å². The zero-order valence-electron chi connectivity index (χ0n) is 13.2. The van der Waals surface area contributed by atoms with Crippen molar-refractivity contribution in [2.45, 2.75) is 0 Å². The summed E-state index contributed by atoms with van der Waals surface area (Å²) in [6.45, 7) is 2.98. The third-order valence-corrected chi connectivity index (χ3v) is 3.86. The Hall–Kier alpha value is -2.47. The minimum Gasteiger partial charge on any atom is -0.496 e. The Morgan fingerprint density at radius 1 is 1.09 bits per heavy atom. The van der Waals surface area contributed by atoms with Crippen LogP contribution in [0.5, 0.6) is 11.5 Å². The second-order valence-electron chi connectivity index (χ2n) is 5.14. The van der Waals surface area contributed by atoms with E-state index in [0.29, 0.717) is 31.0 Å². The highest BCUT2D eigenvalue weighted by Gasteiger charge is 2.20. The van der Waals surface area contributed by atoms with Gasteiger partial charge in [0.15, 0.2) is 12.0 Å². The molecule has 0 atom stereocenters. The molecule has 122 valence electrons. The molecular formula is C17H19NO5. The third kappa shape index (κ3) is 3.03. The maximum absolute atomic E-state index is 10.8. The maximum atomic E-state index is 10.8. The van der Waals surface area contributed by atoms with Crippen molar-refractivity contribution in [3.05, 3.63) is 30.0 Å². The molecular weight excluding hydrogens is 298 g/mol. The number of aldehydes is 1. The van der Waals surface area contributed by atoms with Crippen molar-refractivity contribution in [3.63, 3.8) is 0 Å². The summed E-state index contributed by atoms with van der Waals surface area (Å²) in [4.78, 5) is 13.0. The van der Waals surface area contributed by atoms with Crippen LogP contribution < -0.4 is 14.4 Å². The van der Waals surface area contributed by atoms with Crippen LogP contribution >= 0.6 is 0 Å². The van der Waals surface area contributed by atoms with Crippen LogP contribution in [0, 0.1) is 0 Å². The van der Waals surface area contributed by atoms with E-state index in [1.54, 1.807) is 26.4 Å². The van der Waals surface area contributed by atoms with Gasteiger partial charge in [-0.05, 0) is 18.2 Å². The summed E-state index contributed by atoms with van der Waals surface area (Å²) in [6.07, 6.45) is 0.676. The summed E-state index contributed by atoms with van der Waals surface area (Å²) < 4.78 is 22.0. The van der Waals surface area contributed by atoms with Gasteiger partial charge in [0.2, 0.25) is 0 Å². The fourth-order valence-corrected chi connectivity index (χ4v) is 2.69. The van der Waals surface area contributed by atoms with Gasteiger partial charge in [-0.3, -0.25) is 4.79 Å². The van der Waals surface area contributed by atoms with Crippen molar-refractivity contribution in [1.29, 1.82) is 0 Å². The lowest BCUT2D eigenvalue weighted by Gasteiger charge is -2.30. The van der Waals surface area contributed by atoms with E-state index in [0.717, 1.165) is 30.1 Å². The van der Waals surface area contributed by atoms with E-state index in [4.69, 9.17) is 18.6 Å². The van der Waals surface area contributed by atoms with Crippen molar-refractivity contribution in [1.82, 2.24) is 0 Å². The molecule has 1 aliphatic heterocycles. The van der Waals surface area contributed by atoms with Gasteiger partial charge in [-0.1, -0.05) is 0 Å². The predicted octanol–water partition coefficient (Wildman–Crippen LogP) is 2.61. The van der Waals surface area contributed by atoms with Gasteiger partial charge in [0.05, 0.1) is 38.7 Å². The number of morpholine rings is 1. The second kappa shape index (κ2) is 6.75. The van der Waals surface area contributed by atoms with Crippen LogP contribution in [0.1, 0.15) is 10.6 Å². The summed E-state index contributed by atoms with van der Waals surface area (Å²) >= 11 is 0. The highest BCUT2D eigenvalue weighted by Crippen LogP contribution is 2.41. The molecule has 0 spiro atoms. The Labute approximate surface area is 134 Å². The minimum absolute atomic E-state index is 0.276. The third-order valence-electron chi connectivity index (χ3n) is 3.86. The molecule has 1 aromatic heterocycles. The van der Waals surface area contributed by atoms with Crippen LogP contribution in [-0.4, -0.2) is 46.8 Å². The zero-order valence-corrected chi connectivity index (χ0v) is 13.2. The number of furan rings is 1. The SMILES string of the molecule is COc1cc(N2CCOCC2)c(OC)cc1-c1ccc(C=O)o1. The summed E-state index contributed by atoms with van der Waals surface area (Å²) in [5.41, 5.74) is 1.70. The quantitative estimate of drug-likeness (QED) is 0.790. The molecule has 1 saturated heterocycles. The van der Waals surface area contributed by atoms with Crippen molar-refractivity contribution in [2.24, 2.45) is 0 Å². The van der Waals surface area contributed by atoms with E-state index in [2.05, 4.69) is 4.90 Å². The summed E-state index contributed by atoms with van der Waals surface area (Å²) in [6, 6.07) is 7.18. The van der Waals surface area contributed by atoms with Crippen LogP contribution in [0.25, 0.3) is 11.3 Å². The fraction of sp³-hybridized carbons (Fsp3) is 0.353. The highest BCUT2D eigenvalue weighted by atomic mass is 16.5. The second-order valence-corrected chi connectivity index (χ2v) is 5.14. The number of benzene rings is 1. The van der Waals surface area contributed by atoms with Gasteiger partial charge in [-0.2, -0.15) is 0 Å². The first-order chi connectivity index (χ1) is 11.3. The van der Waals surface area contributed by atoms with Gasteiger partial charge in [0, 0.05) is 19.2 Å². The smallest absolute Gasteiger partial charge is 0.185 e. The van der Waals surface area contributed by atoms with E-state index >= 15 is 0 Å². The first-order valence-electron chi connectivity index (χ1n) is 7.41. The van der Waals surface area contributed by atoms with Crippen molar-refractivity contribution in [2.75, 3.05) is 45.4 Å². The Balaban J connectivity index is 2.05. The topological polar surface area (TPSA) is 61.1 Å². The predicted molar refractivity (Wildman–Crippen MR) is 85.7 cm³/mol. The number of methoxy groups -OCH3 is 2. The molecule has 3 rings (SSSR count). The maximum Gasteiger partial charge on any atom is 0.185 e. The minimum atomic E-state index is 0.276. The van der Waals surface area contributed by atoms with Crippen LogP contribution in [0.15, 0.2) is 28.7 Å². The molecule has 6 nitrogen and oxygen atoms in total. The standard InChI is InChI=1S/C17H19NO5/c1-20-16-10-14(18-5-7-22-8-6-18)17(21-2)9-13(16)15-4-3-12(11-19)23-15/h3-4,9-11H,5-8H2,1-2H3. The number of nitrogens with zero attached hydrogens (tertiary/aromatic N) is 1. The number of ether oxygens (including phenoxy) is 3. The first-order valence-corrected chi connectivity index (χ1v) is 7.41. The number of carbonyl (C=O) groups excluding carboxylic acids is 1. The van der Waals surface area contributed by atoms with Crippen molar-refractivity contribution >= 4 is 12.0 Å². The molecule has 2 heterocycles. The molecule has 0 aliphatic carbocycles. The van der Waals surface area contributed by atoms with E-state index in [-0.39, 0.29) is 5.76 Å². The van der Waals surface area contributed by atoms with Gasteiger partial charge in [0.25, 0.3) is 0 Å². The zero-order chi connectivity index (χ0) is 16.2. The molecule has 1 aromatic carbocycles.